The predicted octanol–water partition coefficient (Wildman–Crippen LogP) is 3.40. The molecule has 5 nitrogen and oxygen atoms in total. The Morgan fingerprint density at radius 3 is 2.50 bits per heavy atom. The van der Waals surface area contributed by atoms with Crippen LogP contribution in [-0.4, -0.2) is 35.3 Å². The molecule has 0 aromatic carbocycles. The van der Waals surface area contributed by atoms with Gasteiger partial charge in [-0.1, -0.05) is 13.8 Å². The molecule has 1 aliphatic heterocycles. The SMILES string of the molecule is CC(=O)O[C@]1(C(C)=O)CC[C@H]2[C@@H]3[C@@H]4OC4C4=CC(=O)CC[C@]4(C)[C@H]3CC[C@@]21C. The molecular formula is C23H30O5. The Kier molecular flexibility index (Phi) is 3.68. The van der Waals surface area contributed by atoms with Gasteiger partial charge in [-0.2, -0.15) is 0 Å². The number of Topliss-reactive ketones (excluding diaryl/α,β-unsaturated/α-hetero) is 1. The molecule has 4 fully saturated rings. The lowest BCUT2D eigenvalue weighted by Crippen LogP contribution is -2.59. The highest BCUT2D eigenvalue weighted by molar-refractivity contribution is 5.92. The van der Waals surface area contributed by atoms with Gasteiger partial charge in [0.25, 0.3) is 0 Å². The van der Waals surface area contributed by atoms with E-state index in [0.717, 1.165) is 25.7 Å². The molecule has 1 unspecified atom stereocenters. The summed E-state index contributed by atoms with van der Waals surface area (Å²) < 4.78 is 12.0. The Hall–Kier alpha value is -1.49. The zero-order chi connectivity index (χ0) is 20.1. The van der Waals surface area contributed by atoms with Crippen molar-refractivity contribution in [2.45, 2.75) is 84.0 Å². The fourth-order valence-electron chi connectivity index (χ4n) is 7.87. The third-order valence-corrected chi connectivity index (χ3v) is 9.24. The molecule has 0 bridgehead atoms. The summed E-state index contributed by atoms with van der Waals surface area (Å²) in [6.07, 6.45) is 6.98. The van der Waals surface area contributed by atoms with Crippen LogP contribution in [0.4, 0.5) is 0 Å². The minimum Gasteiger partial charge on any atom is -0.451 e. The van der Waals surface area contributed by atoms with Gasteiger partial charge >= 0.3 is 5.97 Å². The van der Waals surface area contributed by atoms with Gasteiger partial charge in [-0.15, -0.1) is 0 Å². The van der Waals surface area contributed by atoms with Crippen molar-refractivity contribution in [3.05, 3.63) is 11.6 Å². The zero-order valence-corrected chi connectivity index (χ0v) is 17.2. The first kappa shape index (κ1) is 18.5. The maximum absolute atomic E-state index is 12.8. The largest absolute Gasteiger partial charge is 0.451 e. The molecule has 4 aliphatic carbocycles. The van der Waals surface area contributed by atoms with Gasteiger partial charge in [0.1, 0.15) is 6.10 Å². The molecule has 0 aromatic heterocycles. The fourth-order valence-corrected chi connectivity index (χ4v) is 7.87. The Morgan fingerprint density at radius 2 is 1.82 bits per heavy atom. The van der Waals surface area contributed by atoms with E-state index in [-0.39, 0.29) is 40.6 Å². The molecular weight excluding hydrogens is 356 g/mol. The molecule has 8 atom stereocenters. The van der Waals surface area contributed by atoms with Crippen molar-refractivity contribution < 1.29 is 23.9 Å². The van der Waals surface area contributed by atoms with Crippen LogP contribution in [0.25, 0.3) is 0 Å². The second kappa shape index (κ2) is 5.56. The summed E-state index contributed by atoms with van der Waals surface area (Å²) in [6.45, 7) is 7.48. The van der Waals surface area contributed by atoms with Crippen LogP contribution in [0.15, 0.2) is 11.6 Å². The summed E-state index contributed by atoms with van der Waals surface area (Å²) in [5.41, 5.74) is -0.113. The molecule has 1 heterocycles. The topological polar surface area (TPSA) is 73.0 Å². The lowest BCUT2D eigenvalue weighted by Gasteiger charge is -2.57. The van der Waals surface area contributed by atoms with Crippen LogP contribution >= 0.6 is 0 Å². The number of epoxide rings is 1. The molecule has 0 amide bonds. The van der Waals surface area contributed by atoms with Gasteiger partial charge in [0, 0.05) is 18.8 Å². The molecule has 0 radical (unpaired) electrons. The summed E-state index contributed by atoms with van der Waals surface area (Å²) in [5.74, 6) is 0.981. The van der Waals surface area contributed by atoms with Crippen LogP contribution in [0.2, 0.25) is 0 Å². The monoisotopic (exact) mass is 386 g/mol. The minimum absolute atomic E-state index is 0.0144. The maximum Gasteiger partial charge on any atom is 0.303 e. The first-order valence-corrected chi connectivity index (χ1v) is 10.7. The number of rotatable bonds is 2. The first-order valence-electron chi connectivity index (χ1n) is 10.7. The number of esters is 1. The Morgan fingerprint density at radius 1 is 1.11 bits per heavy atom. The molecule has 0 N–H and O–H groups in total. The van der Waals surface area contributed by atoms with Gasteiger partial charge in [-0.05, 0) is 73.8 Å². The molecule has 3 saturated carbocycles. The van der Waals surface area contributed by atoms with E-state index in [0.29, 0.717) is 30.6 Å². The predicted molar refractivity (Wildman–Crippen MR) is 101 cm³/mol. The highest BCUT2D eigenvalue weighted by atomic mass is 16.6. The van der Waals surface area contributed by atoms with Crippen LogP contribution < -0.4 is 0 Å². The van der Waals surface area contributed by atoms with Gasteiger partial charge in [-0.25, -0.2) is 0 Å². The summed E-state index contributed by atoms with van der Waals surface area (Å²) in [5, 5.41) is 0. The van der Waals surface area contributed by atoms with Gasteiger partial charge in [0.05, 0.1) is 6.10 Å². The van der Waals surface area contributed by atoms with Crippen LogP contribution in [0.5, 0.6) is 0 Å². The lowest BCUT2D eigenvalue weighted by molar-refractivity contribution is -0.187. The number of hydrogen-bond donors (Lipinski definition) is 0. The molecule has 152 valence electrons. The summed E-state index contributed by atoms with van der Waals surface area (Å²) >= 11 is 0. The molecule has 5 rings (SSSR count). The molecule has 0 spiro atoms. The normalized spacial score (nSPS) is 51.2. The summed E-state index contributed by atoms with van der Waals surface area (Å²) in [7, 11) is 0. The average Bonchev–Trinajstić information content (AvgIpc) is 3.35. The molecule has 1 saturated heterocycles. The van der Waals surface area contributed by atoms with Crippen LogP contribution in [0.1, 0.15) is 66.2 Å². The number of hydrogen-bond acceptors (Lipinski definition) is 5. The standard InChI is InChI=1S/C23H30O5/c1-12(24)23(28-13(2)25)10-7-16-18-15(6-9-22(16,23)4)21(3)8-5-14(26)11-17(21)19-20(18)27-19/h11,15-16,18-20H,5-10H2,1-4H3/t15-,16-,18+,19?,20-,21+,22-,23-/m0/s1. The quantitative estimate of drug-likeness (QED) is 0.537. The number of fused-ring (bicyclic) bond motifs is 8. The van der Waals surface area contributed by atoms with Gasteiger partial charge < -0.3 is 9.47 Å². The van der Waals surface area contributed by atoms with E-state index in [1.165, 1.54) is 12.5 Å². The Labute approximate surface area is 166 Å². The van der Waals surface area contributed by atoms with Crippen LogP contribution in [0, 0.1) is 28.6 Å². The van der Waals surface area contributed by atoms with Crippen LogP contribution in [-0.2, 0) is 23.9 Å². The van der Waals surface area contributed by atoms with Crippen molar-refractivity contribution in [3.8, 4) is 0 Å². The zero-order valence-electron chi connectivity index (χ0n) is 17.2. The van der Waals surface area contributed by atoms with Crippen molar-refractivity contribution in [3.63, 3.8) is 0 Å². The van der Waals surface area contributed by atoms with Crippen LogP contribution in [0.3, 0.4) is 0 Å². The van der Waals surface area contributed by atoms with E-state index in [1.54, 1.807) is 6.92 Å². The molecule has 28 heavy (non-hydrogen) atoms. The fraction of sp³-hybridized carbons (Fsp3) is 0.783. The summed E-state index contributed by atoms with van der Waals surface area (Å²) in [4.78, 5) is 36.8. The Bertz CT molecular complexity index is 814. The average molecular weight is 386 g/mol. The van der Waals surface area contributed by atoms with Gasteiger partial charge in [-0.3, -0.25) is 14.4 Å². The highest BCUT2D eigenvalue weighted by Gasteiger charge is 2.73. The second-order valence-corrected chi connectivity index (χ2v) is 10.3. The Balaban J connectivity index is 1.55. The van der Waals surface area contributed by atoms with Crippen molar-refractivity contribution in [2.24, 2.45) is 28.6 Å². The number of carbonyl (C=O) groups excluding carboxylic acids is 3. The smallest absolute Gasteiger partial charge is 0.303 e. The molecule has 5 aliphatic rings. The molecule has 5 heteroatoms. The number of carbonyl (C=O) groups is 3. The second-order valence-electron chi connectivity index (χ2n) is 10.3. The maximum atomic E-state index is 12.8. The van der Waals surface area contributed by atoms with Crippen molar-refractivity contribution in [1.82, 2.24) is 0 Å². The van der Waals surface area contributed by atoms with E-state index in [9.17, 15) is 14.4 Å². The lowest BCUT2D eigenvalue weighted by atomic mass is 9.46. The third kappa shape index (κ3) is 2.09. The van der Waals surface area contributed by atoms with Crippen molar-refractivity contribution >= 4 is 17.5 Å². The number of ether oxygens (including phenoxy) is 2. The van der Waals surface area contributed by atoms with E-state index < -0.39 is 5.60 Å². The first-order chi connectivity index (χ1) is 13.1. The van der Waals surface area contributed by atoms with E-state index >= 15 is 0 Å². The van der Waals surface area contributed by atoms with E-state index in [2.05, 4.69) is 13.8 Å². The van der Waals surface area contributed by atoms with E-state index in [1.807, 2.05) is 6.08 Å². The van der Waals surface area contributed by atoms with Crippen molar-refractivity contribution in [1.29, 1.82) is 0 Å². The molecule has 0 aromatic rings. The highest BCUT2D eigenvalue weighted by Crippen LogP contribution is 2.71. The van der Waals surface area contributed by atoms with E-state index in [4.69, 9.17) is 9.47 Å². The number of ketones is 2. The minimum atomic E-state index is -1.00. The third-order valence-electron chi connectivity index (χ3n) is 9.24. The summed E-state index contributed by atoms with van der Waals surface area (Å²) in [6, 6.07) is 0. The van der Waals surface area contributed by atoms with Gasteiger partial charge in [0.15, 0.2) is 17.2 Å². The van der Waals surface area contributed by atoms with Gasteiger partial charge in [0.2, 0.25) is 0 Å². The van der Waals surface area contributed by atoms with Crippen molar-refractivity contribution in [2.75, 3.05) is 0 Å².